The zero-order chi connectivity index (χ0) is 10.1. The fourth-order valence-electron chi connectivity index (χ4n) is 1.11. The molecule has 0 aliphatic carbocycles. The number of benzene rings is 1. The first-order chi connectivity index (χ1) is 6.66. The van der Waals surface area contributed by atoms with E-state index in [-0.39, 0.29) is 5.88 Å². The van der Waals surface area contributed by atoms with Gasteiger partial charge in [-0.05, 0) is 18.2 Å². The second-order valence-electron chi connectivity index (χ2n) is 2.74. The number of anilines is 1. The zero-order valence-electron chi connectivity index (χ0n) is 7.00. The third-order valence-corrected chi connectivity index (χ3v) is 2.66. The summed E-state index contributed by atoms with van der Waals surface area (Å²) in [7, 11) is 0. The Labute approximate surface area is 94.0 Å². The van der Waals surface area contributed by atoms with Crippen molar-refractivity contribution in [3.63, 3.8) is 0 Å². The molecule has 0 radical (unpaired) electrons. The summed E-state index contributed by atoms with van der Waals surface area (Å²) < 4.78 is 5.68. The van der Waals surface area contributed by atoms with E-state index in [0.29, 0.717) is 10.7 Å². The molecule has 0 aliphatic rings. The first-order valence-corrected chi connectivity index (χ1v) is 5.01. The van der Waals surface area contributed by atoms with E-state index in [9.17, 15) is 0 Å². The molecule has 0 fully saturated rings. The van der Waals surface area contributed by atoms with Crippen LogP contribution in [0.5, 0.6) is 0 Å². The normalized spacial score (nSPS) is 10.4. The van der Waals surface area contributed by atoms with Crippen LogP contribution < -0.4 is 5.73 Å². The van der Waals surface area contributed by atoms with E-state index < -0.39 is 0 Å². The minimum Gasteiger partial charge on any atom is -0.368 e. The van der Waals surface area contributed by atoms with Crippen LogP contribution in [0, 0.1) is 0 Å². The summed E-state index contributed by atoms with van der Waals surface area (Å²) in [6, 6.07) is 7.08. The number of nitrogens with two attached hydrogens (primary N) is 1. The highest BCUT2D eigenvalue weighted by Gasteiger charge is 2.08. The fourth-order valence-corrected chi connectivity index (χ4v) is 1.73. The molecule has 0 spiro atoms. The van der Waals surface area contributed by atoms with Gasteiger partial charge in [0.25, 0.3) is 0 Å². The topological polar surface area (TPSA) is 52.0 Å². The molecule has 0 unspecified atom stereocenters. The van der Waals surface area contributed by atoms with Gasteiger partial charge < -0.3 is 10.3 Å². The summed E-state index contributed by atoms with van der Waals surface area (Å²) in [5.41, 5.74) is 6.95. The quantitative estimate of drug-likeness (QED) is 0.867. The van der Waals surface area contributed by atoms with E-state index in [1.54, 1.807) is 18.2 Å². The average molecular weight is 274 g/mol. The summed E-state index contributed by atoms with van der Waals surface area (Å²) in [6.45, 7) is 0. The molecule has 2 rings (SSSR count). The van der Waals surface area contributed by atoms with Gasteiger partial charge >= 0.3 is 0 Å². The number of hydrogen-bond acceptors (Lipinski definition) is 3. The van der Waals surface area contributed by atoms with Gasteiger partial charge in [0, 0.05) is 21.1 Å². The zero-order valence-corrected chi connectivity index (χ0v) is 9.34. The SMILES string of the molecule is Nc1cc(-c2cc(Cl)ccc2Br)no1. The molecule has 72 valence electrons. The van der Waals surface area contributed by atoms with Crippen molar-refractivity contribution in [3.8, 4) is 11.3 Å². The summed E-state index contributed by atoms with van der Waals surface area (Å²) in [4.78, 5) is 0. The molecular weight excluding hydrogens is 267 g/mol. The number of halogens is 2. The van der Waals surface area contributed by atoms with E-state index in [0.717, 1.165) is 10.0 Å². The Balaban J connectivity index is 2.55. The highest BCUT2D eigenvalue weighted by Crippen LogP contribution is 2.30. The van der Waals surface area contributed by atoms with Gasteiger partial charge in [-0.3, -0.25) is 0 Å². The average Bonchev–Trinajstić information content (AvgIpc) is 2.56. The second kappa shape index (κ2) is 3.63. The smallest absolute Gasteiger partial charge is 0.222 e. The molecule has 3 nitrogen and oxygen atoms in total. The molecule has 5 heteroatoms. The molecule has 1 aromatic carbocycles. The largest absolute Gasteiger partial charge is 0.368 e. The van der Waals surface area contributed by atoms with Crippen molar-refractivity contribution < 1.29 is 4.52 Å². The van der Waals surface area contributed by atoms with Crippen molar-refractivity contribution in [1.29, 1.82) is 0 Å². The third kappa shape index (κ3) is 1.76. The van der Waals surface area contributed by atoms with Crippen molar-refractivity contribution >= 4 is 33.4 Å². The summed E-state index contributed by atoms with van der Waals surface area (Å²) in [5, 5.41) is 4.44. The number of nitrogens with zero attached hydrogens (tertiary/aromatic N) is 1. The van der Waals surface area contributed by atoms with Crippen LogP contribution in [-0.2, 0) is 0 Å². The van der Waals surface area contributed by atoms with Gasteiger partial charge in [0.2, 0.25) is 5.88 Å². The Morgan fingerprint density at radius 1 is 1.36 bits per heavy atom. The summed E-state index contributed by atoms with van der Waals surface area (Å²) >= 11 is 9.26. The molecule has 14 heavy (non-hydrogen) atoms. The lowest BCUT2D eigenvalue weighted by atomic mass is 10.1. The molecule has 0 bridgehead atoms. The molecule has 2 N–H and O–H groups in total. The predicted molar refractivity (Wildman–Crippen MR) is 59.1 cm³/mol. The van der Waals surface area contributed by atoms with E-state index >= 15 is 0 Å². The number of nitrogen functional groups attached to an aromatic ring is 1. The standard InChI is InChI=1S/C9H6BrClN2O/c10-7-2-1-5(11)3-6(7)8-4-9(12)14-13-8/h1-4H,12H2. The van der Waals surface area contributed by atoms with E-state index in [4.69, 9.17) is 21.9 Å². The third-order valence-electron chi connectivity index (χ3n) is 1.73. The first-order valence-electron chi connectivity index (χ1n) is 3.84. The van der Waals surface area contributed by atoms with Gasteiger partial charge in [-0.1, -0.05) is 32.7 Å². The molecule has 1 heterocycles. The van der Waals surface area contributed by atoms with Crippen LogP contribution in [0.15, 0.2) is 33.3 Å². The van der Waals surface area contributed by atoms with Gasteiger partial charge in [-0.15, -0.1) is 0 Å². The van der Waals surface area contributed by atoms with Gasteiger partial charge in [-0.2, -0.15) is 0 Å². The van der Waals surface area contributed by atoms with Crippen LogP contribution in [0.1, 0.15) is 0 Å². The van der Waals surface area contributed by atoms with Gasteiger partial charge in [-0.25, -0.2) is 0 Å². The molecule has 0 atom stereocenters. The predicted octanol–water partition coefficient (Wildman–Crippen LogP) is 3.34. The van der Waals surface area contributed by atoms with Gasteiger partial charge in [0.1, 0.15) is 5.69 Å². The van der Waals surface area contributed by atoms with Crippen LogP contribution in [0.2, 0.25) is 5.02 Å². The fraction of sp³-hybridized carbons (Fsp3) is 0. The maximum Gasteiger partial charge on any atom is 0.222 e. The number of rotatable bonds is 1. The van der Waals surface area contributed by atoms with Crippen LogP contribution in [-0.4, -0.2) is 5.16 Å². The second-order valence-corrected chi connectivity index (χ2v) is 4.03. The van der Waals surface area contributed by atoms with Crippen LogP contribution in [0.3, 0.4) is 0 Å². The molecule has 0 aliphatic heterocycles. The minimum absolute atomic E-state index is 0.284. The van der Waals surface area contributed by atoms with Crippen LogP contribution in [0.4, 0.5) is 5.88 Å². The molecule has 2 aromatic rings. The van der Waals surface area contributed by atoms with Gasteiger partial charge in [0.05, 0.1) is 0 Å². The minimum atomic E-state index is 0.284. The van der Waals surface area contributed by atoms with Crippen LogP contribution >= 0.6 is 27.5 Å². The highest BCUT2D eigenvalue weighted by molar-refractivity contribution is 9.10. The Morgan fingerprint density at radius 3 is 2.79 bits per heavy atom. The number of hydrogen-bond donors (Lipinski definition) is 1. The molecule has 1 aromatic heterocycles. The monoisotopic (exact) mass is 272 g/mol. The maximum absolute atomic E-state index is 5.86. The molecule has 0 saturated carbocycles. The van der Waals surface area contributed by atoms with E-state index in [1.807, 2.05) is 6.07 Å². The van der Waals surface area contributed by atoms with Gasteiger partial charge in [0.15, 0.2) is 0 Å². The Hall–Kier alpha value is -1.00. The molecule has 0 saturated heterocycles. The van der Waals surface area contributed by atoms with Crippen molar-refractivity contribution in [2.24, 2.45) is 0 Å². The van der Waals surface area contributed by atoms with Crippen molar-refractivity contribution in [2.75, 3.05) is 5.73 Å². The van der Waals surface area contributed by atoms with Crippen molar-refractivity contribution in [2.45, 2.75) is 0 Å². The highest BCUT2D eigenvalue weighted by atomic mass is 79.9. The van der Waals surface area contributed by atoms with Crippen molar-refractivity contribution in [3.05, 3.63) is 33.8 Å². The first kappa shape index (κ1) is 9.55. The molecular formula is C9H6BrClN2O. The Bertz CT molecular complexity index is 470. The van der Waals surface area contributed by atoms with Crippen molar-refractivity contribution in [1.82, 2.24) is 5.16 Å². The van der Waals surface area contributed by atoms with E-state index in [2.05, 4.69) is 21.1 Å². The Kier molecular flexibility index (Phi) is 2.48. The Morgan fingerprint density at radius 2 is 2.14 bits per heavy atom. The lowest BCUT2D eigenvalue weighted by Gasteiger charge is -1.99. The van der Waals surface area contributed by atoms with E-state index in [1.165, 1.54) is 0 Å². The molecule has 0 amide bonds. The van der Waals surface area contributed by atoms with Crippen LogP contribution in [0.25, 0.3) is 11.3 Å². The lowest BCUT2D eigenvalue weighted by molar-refractivity contribution is 0.439. The maximum atomic E-state index is 5.86. The summed E-state index contributed by atoms with van der Waals surface area (Å²) in [5.74, 6) is 0.284. The summed E-state index contributed by atoms with van der Waals surface area (Å²) in [6.07, 6.45) is 0. The number of aromatic nitrogens is 1. The lowest BCUT2D eigenvalue weighted by Crippen LogP contribution is -1.79.